The second-order valence-electron chi connectivity index (χ2n) is 34.2. The number of nitrogens with zero attached hydrogens (tertiary/aromatic N) is 17. The number of nitriles is 4. The average molecular weight is 1900 g/mol. The molecule has 0 saturated carbocycles. The van der Waals surface area contributed by atoms with Crippen LogP contribution in [0.3, 0.4) is 0 Å². The molecule has 144 heavy (non-hydrogen) atoms. The van der Waals surface area contributed by atoms with E-state index >= 15 is 0 Å². The first-order valence-electron chi connectivity index (χ1n) is 45.2. The first-order chi connectivity index (χ1) is 69.5. The van der Waals surface area contributed by atoms with Crippen molar-refractivity contribution in [2.45, 2.75) is 55.4 Å². The van der Waals surface area contributed by atoms with Crippen molar-refractivity contribution in [1.29, 1.82) is 21.0 Å². The van der Waals surface area contributed by atoms with Crippen LogP contribution in [0.2, 0.25) is 0 Å². The Balaban J connectivity index is 0.000000132. The molecule has 0 aliphatic rings. The van der Waals surface area contributed by atoms with Gasteiger partial charge < -0.3 is 74.4 Å². The summed E-state index contributed by atoms with van der Waals surface area (Å²) >= 11 is 0. The molecule has 0 aliphatic carbocycles. The summed E-state index contributed by atoms with van der Waals surface area (Å²) in [5.74, 6) is 2.79. The maximum Gasteiger partial charge on any atom is 0.335 e. The van der Waals surface area contributed by atoms with Gasteiger partial charge in [-0.2, -0.15) is 46.1 Å². The zero-order valence-corrected chi connectivity index (χ0v) is 80.0. The minimum atomic E-state index is -0.951. The second kappa shape index (κ2) is 41.4. The molecule has 0 unspecified atom stereocenters. The molecule has 0 spiro atoms. The Morgan fingerprint density at radius 3 is 0.806 bits per heavy atom. The summed E-state index contributed by atoms with van der Waals surface area (Å²) in [7, 11) is 7.72. The van der Waals surface area contributed by atoms with E-state index < -0.39 is 17.9 Å². The lowest BCUT2D eigenvalue weighted by Gasteiger charge is -2.16. The average Bonchev–Trinajstić information content (AvgIpc) is 1.65. The van der Waals surface area contributed by atoms with Crippen LogP contribution >= 0.6 is 0 Å². The number of carboxylic acid groups (broad SMARTS) is 3. The molecule has 0 fully saturated rings. The molecule has 0 bridgehead atoms. The number of ether oxygens (including phenoxy) is 3. The molecule has 11 aromatic carbocycles. The number of nitrogens with one attached hydrogen (secondary N) is 6. The Bertz CT molecular complexity index is 7830. The number of fused-ring (bicyclic) bond motifs is 4. The minimum Gasteiger partial charge on any atom is -0.478 e. The van der Waals surface area contributed by atoms with Crippen LogP contribution in [0.15, 0.2) is 280 Å². The summed E-state index contributed by atoms with van der Waals surface area (Å²) in [6.07, 6.45) is 11.4. The van der Waals surface area contributed by atoms with Crippen LogP contribution in [0.5, 0.6) is 34.9 Å². The number of benzene rings is 11. The largest absolute Gasteiger partial charge is 0.478 e. The van der Waals surface area contributed by atoms with Crippen molar-refractivity contribution in [3.05, 3.63) is 363 Å². The van der Waals surface area contributed by atoms with Crippen molar-refractivity contribution in [2.24, 2.45) is 28.2 Å². The lowest BCUT2D eigenvalue weighted by molar-refractivity contribution is 0.0686. The molecule has 0 aliphatic heterocycles. The van der Waals surface area contributed by atoms with Gasteiger partial charge in [0.25, 0.3) is 0 Å². The molecule has 0 radical (unpaired) electrons. The van der Waals surface area contributed by atoms with Gasteiger partial charge in [-0.25, -0.2) is 34.3 Å². The molecule has 9 aromatic heterocycles. The van der Waals surface area contributed by atoms with Gasteiger partial charge >= 0.3 is 17.9 Å². The highest BCUT2D eigenvalue weighted by Crippen LogP contribution is 2.43. The van der Waals surface area contributed by atoms with Gasteiger partial charge in [-0.05, 0) is 345 Å². The highest BCUT2D eigenvalue weighted by atomic mass is 16.5. The monoisotopic (exact) mass is 1900 g/mol. The van der Waals surface area contributed by atoms with Crippen molar-refractivity contribution < 1.29 is 43.9 Å². The number of carbonyl (C=O) groups is 3. The first-order valence-corrected chi connectivity index (χ1v) is 45.2. The molecule has 20 rings (SSSR count). The third-order valence-corrected chi connectivity index (χ3v) is 23.8. The zero-order valence-electron chi connectivity index (χ0n) is 80.0. The van der Waals surface area contributed by atoms with Crippen LogP contribution < -0.4 is 40.8 Å². The molecule has 9 N–H and O–H groups in total. The summed E-state index contributed by atoms with van der Waals surface area (Å²) in [4.78, 5) is 70.9. The van der Waals surface area contributed by atoms with Crippen LogP contribution in [0, 0.1) is 101 Å². The number of hydrogen-bond donors (Lipinski definition) is 9. The second-order valence-corrected chi connectivity index (χ2v) is 34.2. The van der Waals surface area contributed by atoms with Gasteiger partial charge in [0.2, 0.25) is 41.4 Å². The van der Waals surface area contributed by atoms with Crippen LogP contribution in [0.4, 0.5) is 58.0 Å². The van der Waals surface area contributed by atoms with Crippen LogP contribution in [0.1, 0.15) is 97.8 Å². The first kappa shape index (κ1) is 95.6. The number of H-pyrrole nitrogens is 1. The topological polar surface area (TPSA) is 446 Å². The summed E-state index contributed by atoms with van der Waals surface area (Å²) in [6, 6.07) is 81.2. The van der Waals surface area contributed by atoms with E-state index in [0.29, 0.717) is 86.8 Å². The molecule has 9 heterocycles. The van der Waals surface area contributed by atoms with E-state index in [2.05, 4.69) is 122 Å². The summed E-state index contributed by atoms with van der Waals surface area (Å²) in [5.41, 5.74) is 28.9. The number of carboxylic acids is 3. The number of aromatic carboxylic acids is 3. The Morgan fingerprint density at radius 1 is 0.299 bits per heavy atom. The van der Waals surface area contributed by atoms with E-state index in [1.54, 1.807) is 158 Å². The summed E-state index contributed by atoms with van der Waals surface area (Å²) in [5, 5.41) is 86.9. The maximum absolute atomic E-state index is 11.2. The van der Waals surface area contributed by atoms with Crippen molar-refractivity contribution in [2.75, 3.05) is 26.6 Å². The van der Waals surface area contributed by atoms with Gasteiger partial charge in [-0.1, -0.05) is 36.4 Å². The number of hydrogen-bond acceptors (Lipinski definition) is 24. The lowest BCUT2D eigenvalue weighted by atomic mass is 9.99. The van der Waals surface area contributed by atoms with Gasteiger partial charge in [0.1, 0.15) is 39.3 Å². The van der Waals surface area contributed by atoms with Crippen LogP contribution in [0.25, 0.3) is 88.6 Å². The highest BCUT2D eigenvalue weighted by molar-refractivity contribution is 5.94. The number of aromatic nitrogens is 14. The van der Waals surface area contributed by atoms with Gasteiger partial charge in [-0.15, -0.1) is 0 Å². The van der Waals surface area contributed by atoms with Crippen molar-refractivity contribution in [3.63, 3.8) is 0 Å². The molecule has 708 valence electrons. The maximum atomic E-state index is 11.2. The van der Waals surface area contributed by atoms with E-state index in [1.807, 2.05) is 198 Å². The molecule has 0 saturated heterocycles. The quantitative estimate of drug-likeness (QED) is 0.0287. The predicted octanol–water partition coefficient (Wildman–Crippen LogP) is 24.4. The lowest BCUT2D eigenvalue weighted by Crippen LogP contribution is -2.05. The fourth-order valence-electron chi connectivity index (χ4n) is 16.6. The fourth-order valence-corrected chi connectivity index (χ4v) is 16.6. The Kier molecular flexibility index (Phi) is 27.5. The van der Waals surface area contributed by atoms with Gasteiger partial charge in [0, 0.05) is 93.2 Å². The molecule has 0 amide bonds. The van der Waals surface area contributed by atoms with Crippen molar-refractivity contribution in [1.82, 2.24) is 68.3 Å². The number of rotatable bonds is 23. The Labute approximate surface area is 825 Å². The fraction of sp³-hybridized carbons (Fsp3) is 0.107. The third kappa shape index (κ3) is 21.3. The smallest absolute Gasteiger partial charge is 0.335 e. The zero-order chi connectivity index (χ0) is 101. The van der Waals surface area contributed by atoms with Crippen LogP contribution in [-0.4, -0.2) is 102 Å². The van der Waals surface area contributed by atoms with Crippen molar-refractivity contribution >= 4 is 120 Å². The van der Waals surface area contributed by atoms with E-state index in [0.717, 1.165) is 162 Å². The van der Waals surface area contributed by atoms with E-state index in [1.165, 1.54) is 0 Å². The number of anilines is 10. The van der Waals surface area contributed by atoms with E-state index in [-0.39, 0.29) is 16.7 Å². The molecule has 32 heteroatoms. The van der Waals surface area contributed by atoms with Gasteiger partial charge in [0.15, 0.2) is 5.82 Å². The Hall–Kier alpha value is -20.1. The SMILES string of the molecule is Cc1cc(-c2ccc(C(=O)O)cc2)cc(C)c1Oc1nc(Nc2ccc(C#N)cc2)nc2ccn(C)c12.Cc1cc(-c2ccc(C(=O)O)cc2)cc(C)c1Oc1nc(Nc2ccc(C#N)cc2)nc2ccn(C)c12.Cc1cc(-c2ccc(C(=O)O)cc2)cc(C)c1Oc1nc(Nc2ccc(C#N)cc2)nc2ccn(C)c12.Cc1cc(-c2cn[nH]c2)cc(C)c1Nc1nc(Nc2ccc(C#N)cc2)nc2ccn(C)c12. The summed E-state index contributed by atoms with van der Waals surface area (Å²) in [6.45, 7) is 16.0. The van der Waals surface area contributed by atoms with E-state index in [9.17, 15) is 14.4 Å². The molecular formula is C112H91N23O9. The normalized spacial score (nSPS) is 10.8. The molecule has 20 aromatic rings. The molecular weight excluding hydrogens is 1810 g/mol. The number of aromatic amines is 1. The number of aryl methyl sites for hydroxylation is 12. The van der Waals surface area contributed by atoms with Gasteiger partial charge in [-0.3, -0.25) is 5.10 Å². The predicted molar refractivity (Wildman–Crippen MR) is 554 cm³/mol. The van der Waals surface area contributed by atoms with Crippen LogP contribution in [-0.2, 0) is 28.2 Å². The third-order valence-electron chi connectivity index (χ3n) is 23.8. The Morgan fingerprint density at radius 2 is 0.549 bits per heavy atom. The summed E-state index contributed by atoms with van der Waals surface area (Å²) < 4.78 is 27.0. The van der Waals surface area contributed by atoms with Crippen molar-refractivity contribution in [3.8, 4) is 104 Å². The molecule has 0 atom stereocenters. The minimum absolute atomic E-state index is 0.248. The highest BCUT2D eigenvalue weighted by Gasteiger charge is 2.24. The molecule has 32 nitrogen and oxygen atoms in total. The standard InChI is InChI=1S/3C29H23N5O3.C25H22N8/c3*1-17-14-22(20-6-8-21(9-7-20)28(35)36)15-18(2)26(17)37-27-25-24(12-13-34(25)3)32-29(33-27)31-23-10-4-19(16-30)5-11-23;1-15-10-18(19-13-27-28-14-19)11-16(2)22(15)31-24-23-21(8-9-33(23)3)30-25(32-24)29-20-6-4-17(12-26)5-7-20/h3*4-15H,1-3H3,(H,35,36)(H,31,32,33);4-11,13-14H,1-3H3,(H,27,28)(H2,29,30,31,32). The van der Waals surface area contributed by atoms with Gasteiger partial charge in [0.05, 0.1) is 91.5 Å². The van der Waals surface area contributed by atoms with E-state index in [4.69, 9.17) is 55.6 Å².